The lowest BCUT2D eigenvalue weighted by atomic mass is 9.88. The minimum atomic E-state index is 0.218. The van der Waals surface area contributed by atoms with Crippen molar-refractivity contribution in [2.24, 2.45) is 5.73 Å². The fraction of sp³-hybridized carbons (Fsp3) is 1.00. The van der Waals surface area contributed by atoms with Gasteiger partial charge in [0.2, 0.25) is 0 Å². The van der Waals surface area contributed by atoms with E-state index in [0.29, 0.717) is 6.04 Å². The molecule has 1 saturated heterocycles. The van der Waals surface area contributed by atoms with Crippen LogP contribution < -0.4 is 5.73 Å². The Morgan fingerprint density at radius 2 is 1.81 bits per heavy atom. The van der Waals surface area contributed by atoms with Gasteiger partial charge in [0.25, 0.3) is 0 Å². The highest BCUT2D eigenvalue weighted by Crippen LogP contribution is 2.29. The summed E-state index contributed by atoms with van der Waals surface area (Å²) in [5, 5.41) is 0. The Bertz CT molecular complexity index is 280. The van der Waals surface area contributed by atoms with Gasteiger partial charge in [0, 0.05) is 37.8 Å². The maximum atomic E-state index is 6.29. The summed E-state index contributed by atoms with van der Waals surface area (Å²) in [6.45, 7) is 13.6. The van der Waals surface area contributed by atoms with Crippen molar-refractivity contribution in [3.63, 3.8) is 0 Å². The van der Waals surface area contributed by atoms with Gasteiger partial charge in [0.1, 0.15) is 0 Å². The number of hydrogen-bond acceptors (Lipinski definition) is 4. The van der Waals surface area contributed by atoms with Gasteiger partial charge in [-0.15, -0.1) is 0 Å². The number of likely N-dealkylation sites (N-methyl/N-ethyl adjacent to an activating group) is 1. The van der Waals surface area contributed by atoms with Crippen LogP contribution in [0.15, 0.2) is 0 Å². The van der Waals surface area contributed by atoms with Gasteiger partial charge in [-0.05, 0) is 66.7 Å². The number of likely N-dealkylation sites (tertiary alicyclic amines) is 1. The molecule has 0 saturated carbocycles. The van der Waals surface area contributed by atoms with E-state index in [9.17, 15) is 0 Å². The molecule has 0 aromatic heterocycles. The molecule has 0 amide bonds. The summed E-state index contributed by atoms with van der Waals surface area (Å²) in [6, 6.07) is 0.653. The summed E-state index contributed by atoms with van der Waals surface area (Å²) in [6.07, 6.45) is 4.95. The minimum absolute atomic E-state index is 0.218. The maximum absolute atomic E-state index is 6.29. The van der Waals surface area contributed by atoms with E-state index in [2.05, 4.69) is 49.6 Å². The smallest absolute Gasteiger partial charge is 0.0344 e. The second kappa shape index (κ2) is 9.09. The molecule has 1 fully saturated rings. The fourth-order valence-electron chi connectivity index (χ4n) is 3.54. The SMILES string of the molecule is CCCN(CCN(C)C)C1(CN)CCCN(C(C)C)CC1. The van der Waals surface area contributed by atoms with Crippen molar-refractivity contribution in [3.05, 3.63) is 0 Å². The summed E-state index contributed by atoms with van der Waals surface area (Å²) in [5.74, 6) is 0. The molecule has 2 N–H and O–H groups in total. The fourth-order valence-corrected chi connectivity index (χ4v) is 3.54. The minimum Gasteiger partial charge on any atom is -0.329 e. The predicted molar refractivity (Wildman–Crippen MR) is 92.8 cm³/mol. The molecular formula is C17H38N4. The zero-order valence-electron chi connectivity index (χ0n) is 15.1. The Morgan fingerprint density at radius 1 is 1.10 bits per heavy atom. The molecule has 0 aromatic rings. The quantitative estimate of drug-likeness (QED) is 0.742. The van der Waals surface area contributed by atoms with Gasteiger partial charge in [0.15, 0.2) is 0 Å². The zero-order valence-corrected chi connectivity index (χ0v) is 15.1. The number of nitrogens with two attached hydrogens (primary N) is 1. The summed E-state index contributed by atoms with van der Waals surface area (Å²) in [7, 11) is 4.32. The molecule has 4 heteroatoms. The number of hydrogen-bond donors (Lipinski definition) is 1. The highest BCUT2D eigenvalue weighted by molar-refractivity contribution is 4.95. The first-order valence-electron chi connectivity index (χ1n) is 8.79. The van der Waals surface area contributed by atoms with Crippen molar-refractivity contribution in [1.29, 1.82) is 0 Å². The van der Waals surface area contributed by atoms with Gasteiger partial charge in [-0.25, -0.2) is 0 Å². The topological polar surface area (TPSA) is 35.7 Å². The second-order valence-corrected chi connectivity index (χ2v) is 7.20. The van der Waals surface area contributed by atoms with Gasteiger partial charge in [0.05, 0.1) is 0 Å². The normalized spacial score (nSPS) is 25.0. The zero-order chi connectivity index (χ0) is 15.9. The highest BCUT2D eigenvalue weighted by atomic mass is 15.2. The molecule has 0 spiro atoms. The first-order chi connectivity index (χ1) is 9.95. The van der Waals surface area contributed by atoms with Gasteiger partial charge in [-0.3, -0.25) is 4.90 Å². The summed E-state index contributed by atoms with van der Waals surface area (Å²) in [5.41, 5.74) is 6.51. The molecule has 1 heterocycles. The summed E-state index contributed by atoms with van der Waals surface area (Å²) in [4.78, 5) is 7.59. The molecule has 1 atom stereocenters. The van der Waals surface area contributed by atoms with Gasteiger partial charge >= 0.3 is 0 Å². The predicted octanol–water partition coefficient (Wildman–Crippen LogP) is 1.85. The van der Waals surface area contributed by atoms with Crippen LogP contribution >= 0.6 is 0 Å². The highest BCUT2D eigenvalue weighted by Gasteiger charge is 2.36. The molecule has 126 valence electrons. The van der Waals surface area contributed by atoms with Gasteiger partial charge < -0.3 is 15.5 Å². The third-order valence-electron chi connectivity index (χ3n) is 5.04. The van der Waals surface area contributed by atoms with Crippen molar-refractivity contribution in [1.82, 2.24) is 14.7 Å². The van der Waals surface area contributed by atoms with Crippen LogP contribution in [0.3, 0.4) is 0 Å². The summed E-state index contributed by atoms with van der Waals surface area (Å²) >= 11 is 0. The van der Waals surface area contributed by atoms with Gasteiger partial charge in [-0.2, -0.15) is 0 Å². The van der Waals surface area contributed by atoms with Crippen molar-refractivity contribution in [3.8, 4) is 0 Å². The van der Waals surface area contributed by atoms with Gasteiger partial charge in [-0.1, -0.05) is 6.92 Å². The largest absolute Gasteiger partial charge is 0.329 e. The van der Waals surface area contributed by atoms with Crippen molar-refractivity contribution < 1.29 is 0 Å². The molecule has 0 radical (unpaired) electrons. The molecule has 0 bridgehead atoms. The lowest BCUT2D eigenvalue weighted by Crippen LogP contribution is -2.56. The molecule has 4 nitrogen and oxygen atoms in total. The van der Waals surface area contributed by atoms with Crippen LogP contribution in [0.4, 0.5) is 0 Å². The van der Waals surface area contributed by atoms with E-state index < -0.39 is 0 Å². The molecule has 1 aliphatic rings. The first-order valence-corrected chi connectivity index (χ1v) is 8.79. The van der Waals surface area contributed by atoms with Crippen LogP contribution in [-0.2, 0) is 0 Å². The Balaban J connectivity index is 2.78. The maximum Gasteiger partial charge on any atom is 0.0344 e. The van der Waals surface area contributed by atoms with Crippen LogP contribution in [0, 0.1) is 0 Å². The van der Waals surface area contributed by atoms with Crippen molar-refractivity contribution in [2.75, 3.05) is 53.4 Å². The molecule has 0 aromatic carbocycles. The second-order valence-electron chi connectivity index (χ2n) is 7.20. The Kier molecular flexibility index (Phi) is 8.17. The van der Waals surface area contributed by atoms with E-state index in [1.165, 1.54) is 45.3 Å². The van der Waals surface area contributed by atoms with E-state index in [4.69, 9.17) is 5.73 Å². The van der Waals surface area contributed by atoms with Crippen LogP contribution in [0.5, 0.6) is 0 Å². The van der Waals surface area contributed by atoms with E-state index in [1.54, 1.807) is 0 Å². The van der Waals surface area contributed by atoms with Crippen LogP contribution in [0.25, 0.3) is 0 Å². The number of rotatable bonds is 8. The van der Waals surface area contributed by atoms with E-state index >= 15 is 0 Å². The standard InChI is InChI=1S/C17H38N4/c1-6-10-21(14-13-19(4)5)17(15-18)8-7-11-20(12-9-17)16(2)3/h16H,6-15,18H2,1-5H3. The molecule has 1 aliphatic heterocycles. The van der Waals surface area contributed by atoms with Crippen LogP contribution in [0.2, 0.25) is 0 Å². The third-order valence-corrected chi connectivity index (χ3v) is 5.04. The molecule has 1 unspecified atom stereocenters. The molecule has 21 heavy (non-hydrogen) atoms. The molecular weight excluding hydrogens is 260 g/mol. The lowest BCUT2D eigenvalue weighted by molar-refractivity contribution is 0.0695. The first kappa shape index (κ1) is 18.9. The average Bonchev–Trinajstić information content (AvgIpc) is 2.66. The Morgan fingerprint density at radius 3 is 2.33 bits per heavy atom. The third kappa shape index (κ3) is 5.51. The molecule has 1 rings (SSSR count). The van der Waals surface area contributed by atoms with Crippen LogP contribution in [-0.4, -0.2) is 79.6 Å². The Labute approximate surface area is 132 Å². The van der Waals surface area contributed by atoms with E-state index in [0.717, 1.165) is 19.6 Å². The monoisotopic (exact) mass is 298 g/mol. The van der Waals surface area contributed by atoms with Crippen LogP contribution in [0.1, 0.15) is 46.5 Å². The average molecular weight is 299 g/mol. The van der Waals surface area contributed by atoms with Crippen molar-refractivity contribution >= 4 is 0 Å². The van der Waals surface area contributed by atoms with E-state index in [1.807, 2.05) is 0 Å². The lowest BCUT2D eigenvalue weighted by Gasteiger charge is -2.44. The molecule has 0 aliphatic carbocycles. The number of nitrogens with zero attached hydrogens (tertiary/aromatic N) is 3. The summed E-state index contributed by atoms with van der Waals surface area (Å²) < 4.78 is 0. The van der Waals surface area contributed by atoms with E-state index in [-0.39, 0.29) is 5.54 Å². The van der Waals surface area contributed by atoms with Crippen molar-refractivity contribution in [2.45, 2.75) is 58.0 Å². The Hall–Kier alpha value is -0.160.